The first-order valence-corrected chi connectivity index (χ1v) is 6.48. The fraction of sp³-hybridized carbons (Fsp3) is 0.455. The molecule has 0 heterocycles. The summed E-state index contributed by atoms with van der Waals surface area (Å²) < 4.78 is 11.5. The molecule has 3 nitrogen and oxygen atoms in total. The van der Waals surface area contributed by atoms with Crippen LogP contribution in [-0.2, 0) is 16.6 Å². The lowest BCUT2D eigenvalue weighted by molar-refractivity contribution is 0.403. The SMILES string of the molecule is CCCC[S@](=O)Cc1ccc(O)c(O)c1. The highest BCUT2D eigenvalue weighted by Gasteiger charge is 2.04. The molecule has 0 spiro atoms. The van der Waals surface area contributed by atoms with Crippen LogP contribution in [0.3, 0.4) is 0 Å². The second-order valence-corrected chi connectivity index (χ2v) is 5.04. The van der Waals surface area contributed by atoms with Gasteiger partial charge in [-0.2, -0.15) is 0 Å². The standard InChI is InChI=1S/C11H16O3S/c1-2-3-6-15(14)8-9-4-5-10(12)11(13)7-9/h4-5,7,12-13H,2-3,6,8H2,1H3/t15-/m0/s1. The predicted octanol–water partition coefficient (Wildman–Crippen LogP) is 2.15. The molecular formula is C11H16O3S. The van der Waals surface area contributed by atoms with Crippen molar-refractivity contribution in [2.75, 3.05) is 5.75 Å². The van der Waals surface area contributed by atoms with Gasteiger partial charge in [0, 0.05) is 22.3 Å². The summed E-state index contributed by atoms with van der Waals surface area (Å²) in [7, 11) is -0.879. The van der Waals surface area contributed by atoms with Gasteiger partial charge >= 0.3 is 0 Å². The normalized spacial score (nSPS) is 12.6. The van der Waals surface area contributed by atoms with Gasteiger partial charge in [-0.1, -0.05) is 19.4 Å². The lowest BCUT2D eigenvalue weighted by Crippen LogP contribution is -2.00. The van der Waals surface area contributed by atoms with Gasteiger partial charge in [-0.3, -0.25) is 4.21 Å². The summed E-state index contributed by atoms with van der Waals surface area (Å²) in [4.78, 5) is 0. The third kappa shape index (κ3) is 3.91. The number of aromatic hydroxyl groups is 2. The number of hydrogen-bond donors (Lipinski definition) is 2. The van der Waals surface area contributed by atoms with Crippen molar-refractivity contribution in [3.05, 3.63) is 23.8 Å². The lowest BCUT2D eigenvalue weighted by Gasteiger charge is -2.03. The zero-order valence-electron chi connectivity index (χ0n) is 8.77. The van der Waals surface area contributed by atoms with Gasteiger partial charge in [-0.25, -0.2) is 0 Å². The maximum Gasteiger partial charge on any atom is 0.157 e. The molecule has 15 heavy (non-hydrogen) atoms. The van der Waals surface area contributed by atoms with Gasteiger partial charge in [0.05, 0.1) is 0 Å². The molecule has 0 bridgehead atoms. The minimum absolute atomic E-state index is 0.141. The third-order valence-corrected chi connectivity index (χ3v) is 3.49. The van der Waals surface area contributed by atoms with E-state index in [4.69, 9.17) is 5.11 Å². The van der Waals surface area contributed by atoms with Crippen LogP contribution in [0.1, 0.15) is 25.3 Å². The van der Waals surface area contributed by atoms with Gasteiger partial charge in [0.25, 0.3) is 0 Å². The summed E-state index contributed by atoms with van der Waals surface area (Å²) in [6.07, 6.45) is 1.99. The molecular weight excluding hydrogens is 212 g/mol. The molecule has 0 aromatic heterocycles. The van der Waals surface area contributed by atoms with Crippen molar-refractivity contribution in [2.45, 2.75) is 25.5 Å². The van der Waals surface area contributed by atoms with Crippen LogP contribution >= 0.6 is 0 Å². The Labute approximate surface area is 92.2 Å². The zero-order chi connectivity index (χ0) is 11.3. The van der Waals surface area contributed by atoms with E-state index in [1.165, 1.54) is 12.1 Å². The molecule has 4 heteroatoms. The van der Waals surface area contributed by atoms with Crippen LogP contribution in [0.2, 0.25) is 0 Å². The van der Waals surface area contributed by atoms with Crippen molar-refractivity contribution in [2.24, 2.45) is 0 Å². The van der Waals surface area contributed by atoms with E-state index in [2.05, 4.69) is 6.92 Å². The Kier molecular flexibility index (Phi) is 4.62. The Morgan fingerprint density at radius 3 is 2.60 bits per heavy atom. The van der Waals surface area contributed by atoms with Crippen LogP contribution in [0.15, 0.2) is 18.2 Å². The van der Waals surface area contributed by atoms with Crippen LogP contribution in [0.25, 0.3) is 0 Å². The van der Waals surface area contributed by atoms with E-state index in [0.717, 1.165) is 18.4 Å². The second kappa shape index (κ2) is 5.75. The highest BCUT2D eigenvalue weighted by Crippen LogP contribution is 2.25. The van der Waals surface area contributed by atoms with Gasteiger partial charge in [0.1, 0.15) is 0 Å². The molecule has 84 valence electrons. The molecule has 0 saturated heterocycles. The average Bonchev–Trinajstić information content (AvgIpc) is 2.20. The molecule has 0 saturated carbocycles. The smallest absolute Gasteiger partial charge is 0.157 e. The van der Waals surface area contributed by atoms with Crippen LogP contribution in [-0.4, -0.2) is 20.2 Å². The quantitative estimate of drug-likeness (QED) is 0.759. The van der Waals surface area contributed by atoms with Crippen molar-refractivity contribution < 1.29 is 14.4 Å². The lowest BCUT2D eigenvalue weighted by atomic mass is 10.2. The Hall–Kier alpha value is -1.03. The summed E-state index contributed by atoms with van der Waals surface area (Å²) in [6, 6.07) is 4.56. The number of phenolic OH excluding ortho intramolecular Hbond substituents is 2. The maximum absolute atomic E-state index is 11.5. The average molecular weight is 228 g/mol. The van der Waals surface area contributed by atoms with Crippen molar-refractivity contribution in [1.82, 2.24) is 0 Å². The topological polar surface area (TPSA) is 57.5 Å². The van der Waals surface area contributed by atoms with Crippen LogP contribution in [0.4, 0.5) is 0 Å². The molecule has 0 aliphatic carbocycles. The molecule has 0 radical (unpaired) electrons. The Balaban J connectivity index is 2.57. The highest BCUT2D eigenvalue weighted by atomic mass is 32.2. The molecule has 0 aliphatic heterocycles. The van der Waals surface area contributed by atoms with Crippen molar-refractivity contribution in [1.29, 1.82) is 0 Å². The minimum Gasteiger partial charge on any atom is -0.504 e. The number of hydrogen-bond acceptors (Lipinski definition) is 3. The summed E-state index contributed by atoms with van der Waals surface area (Å²) in [6.45, 7) is 2.06. The summed E-state index contributed by atoms with van der Waals surface area (Å²) >= 11 is 0. The first-order chi connectivity index (χ1) is 7.13. The molecule has 0 aliphatic rings. The summed E-state index contributed by atoms with van der Waals surface area (Å²) in [5.41, 5.74) is 0.791. The van der Waals surface area contributed by atoms with E-state index < -0.39 is 10.8 Å². The molecule has 0 unspecified atom stereocenters. The fourth-order valence-electron chi connectivity index (χ4n) is 1.22. The molecule has 0 amide bonds. The minimum atomic E-state index is -0.879. The third-order valence-electron chi connectivity index (χ3n) is 2.09. The van der Waals surface area contributed by atoms with E-state index in [1.54, 1.807) is 6.07 Å². The van der Waals surface area contributed by atoms with Crippen molar-refractivity contribution in [3.63, 3.8) is 0 Å². The molecule has 1 rings (SSSR count). The highest BCUT2D eigenvalue weighted by molar-refractivity contribution is 7.84. The van der Waals surface area contributed by atoms with E-state index in [0.29, 0.717) is 11.5 Å². The van der Waals surface area contributed by atoms with Gasteiger partial charge in [-0.15, -0.1) is 0 Å². The Bertz CT molecular complexity index is 350. The first kappa shape index (κ1) is 12.0. The number of benzene rings is 1. The number of rotatable bonds is 5. The van der Waals surface area contributed by atoms with Gasteiger partial charge in [0.2, 0.25) is 0 Å². The molecule has 1 atom stereocenters. The summed E-state index contributed by atoms with van der Waals surface area (Å²) in [5, 5.41) is 18.3. The molecule has 1 aromatic carbocycles. The predicted molar refractivity (Wildman–Crippen MR) is 61.4 cm³/mol. The van der Waals surface area contributed by atoms with Gasteiger partial charge in [0.15, 0.2) is 11.5 Å². The monoisotopic (exact) mass is 228 g/mol. The Morgan fingerprint density at radius 2 is 2.00 bits per heavy atom. The Morgan fingerprint density at radius 1 is 1.27 bits per heavy atom. The van der Waals surface area contributed by atoms with Crippen LogP contribution < -0.4 is 0 Å². The number of unbranched alkanes of at least 4 members (excludes halogenated alkanes) is 1. The van der Waals surface area contributed by atoms with Crippen molar-refractivity contribution in [3.8, 4) is 11.5 Å². The largest absolute Gasteiger partial charge is 0.504 e. The second-order valence-electron chi connectivity index (χ2n) is 3.46. The van der Waals surface area contributed by atoms with Gasteiger partial charge in [-0.05, 0) is 24.1 Å². The number of phenols is 2. The van der Waals surface area contributed by atoms with Crippen molar-refractivity contribution >= 4 is 10.8 Å². The molecule has 0 fully saturated rings. The van der Waals surface area contributed by atoms with Crippen LogP contribution in [0.5, 0.6) is 11.5 Å². The first-order valence-electron chi connectivity index (χ1n) is 4.99. The molecule has 2 N–H and O–H groups in total. The van der Waals surface area contributed by atoms with E-state index in [1.807, 2.05) is 0 Å². The van der Waals surface area contributed by atoms with E-state index >= 15 is 0 Å². The van der Waals surface area contributed by atoms with E-state index in [9.17, 15) is 9.32 Å². The van der Waals surface area contributed by atoms with E-state index in [-0.39, 0.29) is 11.5 Å². The van der Waals surface area contributed by atoms with Crippen LogP contribution in [0, 0.1) is 0 Å². The summed E-state index contributed by atoms with van der Waals surface area (Å²) in [5.74, 6) is 0.837. The van der Waals surface area contributed by atoms with Gasteiger partial charge < -0.3 is 10.2 Å². The molecule has 1 aromatic rings. The fourth-order valence-corrected chi connectivity index (χ4v) is 2.53. The zero-order valence-corrected chi connectivity index (χ0v) is 9.59. The maximum atomic E-state index is 11.5.